The summed E-state index contributed by atoms with van der Waals surface area (Å²) in [6.45, 7) is 6.16. The van der Waals surface area contributed by atoms with Crippen LogP contribution in [0.4, 0.5) is 0 Å². The van der Waals surface area contributed by atoms with Crippen LogP contribution in [0.15, 0.2) is 18.5 Å². The molecule has 2 aromatic rings. The number of carbonyl (C=O) groups excluding carboxylic acids is 1. The third-order valence-corrected chi connectivity index (χ3v) is 3.31. The highest BCUT2D eigenvalue weighted by Crippen LogP contribution is 2.33. The summed E-state index contributed by atoms with van der Waals surface area (Å²) in [6, 6.07) is 3.74. The van der Waals surface area contributed by atoms with E-state index in [2.05, 4.69) is 24.1 Å². The van der Waals surface area contributed by atoms with Gasteiger partial charge in [0.1, 0.15) is 19.8 Å². The van der Waals surface area contributed by atoms with Crippen LogP contribution in [0.2, 0.25) is 0 Å². The number of ether oxygens (including phenoxy) is 2. The molecule has 1 aliphatic heterocycles. The highest BCUT2D eigenvalue weighted by molar-refractivity contribution is 5.83. The molecule has 1 aromatic carbocycles. The van der Waals surface area contributed by atoms with Crippen molar-refractivity contribution >= 4 is 16.9 Å². The summed E-state index contributed by atoms with van der Waals surface area (Å²) in [5.41, 5.74) is 1.68. The minimum atomic E-state index is -0.0158. The van der Waals surface area contributed by atoms with Crippen molar-refractivity contribution in [2.24, 2.45) is 5.92 Å². The van der Waals surface area contributed by atoms with Gasteiger partial charge in [0.05, 0.1) is 17.4 Å². The Bertz CT molecular complexity index is 663. The predicted octanol–water partition coefficient (Wildman–Crippen LogP) is 1.58. The molecule has 0 saturated carbocycles. The van der Waals surface area contributed by atoms with E-state index in [-0.39, 0.29) is 12.5 Å². The highest BCUT2D eigenvalue weighted by atomic mass is 16.6. The van der Waals surface area contributed by atoms with Crippen LogP contribution >= 0.6 is 0 Å². The Balaban J connectivity index is 1.81. The van der Waals surface area contributed by atoms with Crippen LogP contribution in [0.5, 0.6) is 11.5 Å². The Morgan fingerprint density at radius 2 is 2.05 bits per heavy atom. The van der Waals surface area contributed by atoms with Crippen molar-refractivity contribution in [1.82, 2.24) is 14.9 Å². The molecule has 112 valence electrons. The average Bonchev–Trinajstić information content (AvgIpc) is 2.85. The second-order valence-corrected chi connectivity index (χ2v) is 5.55. The molecule has 3 rings (SSSR count). The lowest BCUT2D eigenvalue weighted by molar-refractivity contribution is -0.121. The van der Waals surface area contributed by atoms with Gasteiger partial charge in [0.2, 0.25) is 5.91 Å². The van der Waals surface area contributed by atoms with Crippen molar-refractivity contribution in [2.45, 2.75) is 20.4 Å². The largest absolute Gasteiger partial charge is 0.486 e. The standard InChI is InChI=1S/C15H19N3O3/c1-10(2)7-16-15(19)8-18-9-17-11-5-13-14(6-12(11)18)21-4-3-20-13/h5-6,9-10H,3-4,7-8H2,1-2H3,(H,16,19). The minimum Gasteiger partial charge on any atom is -0.486 e. The van der Waals surface area contributed by atoms with Gasteiger partial charge in [0, 0.05) is 18.7 Å². The summed E-state index contributed by atoms with van der Waals surface area (Å²) in [7, 11) is 0. The first-order valence-electron chi connectivity index (χ1n) is 7.14. The molecule has 6 nitrogen and oxygen atoms in total. The lowest BCUT2D eigenvalue weighted by Gasteiger charge is -2.18. The third kappa shape index (κ3) is 2.94. The molecule has 21 heavy (non-hydrogen) atoms. The number of rotatable bonds is 4. The Morgan fingerprint density at radius 1 is 1.33 bits per heavy atom. The van der Waals surface area contributed by atoms with Gasteiger partial charge in [-0.3, -0.25) is 4.79 Å². The van der Waals surface area contributed by atoms with Crippen molar-refractivity contribution in [2.75, 3.05) is 19.8 Å². The molecule has 1 aliphatic rings. The topological polar surface area (TPSA) is 65.4 Å². The van der Waals surface area contributed by atoms with Crippen molar-refractivity contribution in [3.05, 3.63) is 18.5 Å². The Hall–Kier alpha value is -2.24. The molecular weight excluding hydrogens is 270 g/mol. The van der Waals surface area contributed by atoms with Gasteiger partial charge >= 0.3 is 0 Å². The second kappa shape index (κ2) is 5.63. The SMILES string of the molecule is CC(C)CNC(=O)Cn1cnc2cc3c(cc21)OCCO3. The quantitative estimate of drug-likeness (QED) is 0.928. The lowest BCUT2D eigenvalue weighted by atomic mass is 10.2. The molecule has 1 aromatic heterocycles. The third-order valence-electron chi connectivity index (χ3n) is 3.31. The van der Waals surface area contributed by atoms with Gasteiger partial charge in [0.25, 0.3) is 0 Å². The number of hydrogen-bond acceptors (Lipinski definition) is 4. The number of nitrogens with zero attached hydrogens (tertiary/aromatic N) is 2. The average molecular weight is 289 g/mol. The molecule has 0 spiro atoms. The maximum absolute atomic E-state index is 11.9. The molecule has 0 atom stereocenters. The Labute approximate surface area is 123 Å². The fraction of sp³-hybridized carbons (Fsp3) is 0.467. The van der Waals surface area contributed by atoms with Crippen LogP contribution < -0.4 is 14.8 Å². The molecule has 0 fully saturated rings. The number of nitrogens with one attached hydrogen (secondary N) is 1. The van der Waals surface area contributed by atoms with E-state index in [4.69, 9.17) is 9.47 Å². The summed E-state index contributed by atoms with van der Waals surface area (Å²) < 4.78 is 12.9. The fourth-order valence-corrected chi connectivity index (χ4v) is 2.25. The number of aromatic nitrogens is 2. The van der Waals surface area contributed by atoms with Crippen LogP contribution in [-0.2, 0) is 11.3 Å². The van der Waals surface area contributed by atoms with E-state index in [9.17, 15) is 4.79 Å². The van der Waals surface area contributed by atoms with Crippen LogP contribution in [0.3, 0.4) is 0 Å². The molecule has 0 saturated heterocycles. The zero-order valence-corrected chi connectivity index (χ0v) is 12.3. The summed E-state index contributed by atoms with van der Waals surface area (Å²) >= 11 is 0. The number of imidazole rings is 1. The fourth-order valence-electron chi connectivity index (χ4n) is 2.25. The summed E-state index contributed by atoms with van der Waals surface area (Å²) in [4.78, 5) is 16.3. The predicted molar refractivity (Wildman–Crippen MR) is 78.6 cm³/mol. The van der Waals surface area contributed by atoms with Crippen molar-refractivity contribution < 1.29 is 14.3 Å². The molecule has 0 unspecified atom stereocenters. The monoisotopic (exact) mass is 289 g/mol. The van der Waals surface area contributed by atoms with E-state index in [0.29, 0.717) is 37.2 Å². The van der Waals surface area contributed by atoms with E-state index < -0.39 is 0 Å². The maximum atomic E-state index is 11.9. The highest BCUT2D eigenvalue weighted by Gasteiger charge is 2.16. The van der Waals surface area contributed by atoms with Crippen LogP contribution in [0.1, 0.15) is 13.8 Å². The molecule has 2 heterocycles. The number of carbonyl (C=O) groups is 1. The molecule has 0 aliphatic carbocycles. The molecule has 0 radical (unpaired) electrons. The first-order chi connectivity index (χ1) is 10.1. The van der Waals surface area contributed by atoms with Gasteiger partial charge < -0.3 is 19.4 Å². The van der Waals surface area contributed by atoms with Crippen molar-refractivity contribution in [1.29, 1.82) is 0 Å². The Kier molecular flexibility index (Phi) is 3.68. The van der Waals surface area contributed by atoms with Crippen molar-refractivity contribution in [3.63, 3.8) is 0 Å². The Morgan fingerprint density at radius 3 is 2.76 bits per heavy atom. The summed E-state index contributed by atoms with van der Waals surface area (Å²) in [5, 5.41) is 2.90. The van der Waals surface area contributed by atoms with Gasteiger partial charge in [-0.25, -0.2) is 4.98 Å². The first-order valence-corrected chi connectivity index (χ1v) is 7.14. The summed E-state index contributed by atoms with van der Waals surface area (Å²) in [6.07, 6.45) is 1.67. The van der Waals surface area contributed by atoms with Crippen LogP contribution in [-0.4, -0.2) is 35.2 Å². The number of hydrogen-bond donors (Lipinski definition) is 1. The summed E-state index contributed by atoms with van der Waals surface area (Å²) in [5.74, 6) is 1.84. The van der Waals surface area contributed by atoms with E-state index in [1.165, 1.54) is 0 Å². The van der Waals surface area contributed by atoms with E-state index in [1.54, 1.807) is 6.33 Å². The van der Waals surface area contributed by atoms with Crippen LogP contribution in [0, 0.1) is 5.92 Å². The van der Waals surface area contributed by atoms with E-state index >= 15 is 0 Å². The first kappa shape index (κ1) is 13.7. The lowest BCUT2D eigenvalue weighted by Crippen LogP contribution is -2.30. The molecule has 0 bridgehead atoms. The molecule has 6 heteroatoms. The molecule has 1 N–H and O–H groups in total. The van der Waals surface area contributed by atoms with Gasteiger partial charge in [-0.1, -0.05) is 13.8 Å². The van der Waals surface area contributed by atoms with E-state index in [1.807, 2.05) is 16.7 Å². The second-order valence-electron chi connectivity index (χ2n) is 5.55. The zero-order valence-electron chi connectivity index (χ0n) is 12.3. The smallest absolute Gasteiger partial charge is 0.240 e. The number of benzene rings is 1. The maximum Gasteiger partial charge on any atom is 0.240 e. The van der Waals surface area contributed by atoms with Gasteiger partial charge in [-0.2, -0.15) is 0 Å². The van der Waals surface area contributed by atoms with Crippen molar-refractivity contribution in [3.8, 4) is 11.5 Å². The molecule has 1 amide bonds. The number of fused-ring (bicyclic) bond motifs is 2. The number of amides is 1. The minimum absolute atomic E-state index is 0.0158. The van der Waals surface area contributed by atoms with Gasteiger partial charge in [-0.15, -0.1) is 0 Å². The van der Waals surface area contributed by atoms with Gasteiger partial charge in [-0.05, 0) is 5.92 Å². The van der Waals surface area contributed by atoms with Crippen LogP contribution in [0.25, 0.3) is 11.0 Å². The van der Waals surface area contributed by atoms with Gasteiger partial charge in [0.15, 0.2) is 11.5 Å². The zero-order chi connectivity index (χ0) is 14.8. The molecular formula is C15H19N3O3. The normalized spacial score (nSPS) is 13.7. The van der Waals surface area contributed by atoms with E-state index in [0.717, 1.165) is 11.0 Å².